The molecule has 1 heteroatoms. The minimum absolute atomic E-state index is 0.573. The fourth-order valence-electron chi connectivity index (χ4n) is 1.65. The van der Waals surface area contributed by atoms with Crippen LogP contribution in [0, 0.1) is 0 Å². The second kappa shape index (κ2) is 3.75. The maximum absolute atomic E-state index is 3.77. The summed E-state index contributed by atoms with van der Waals surface area (Å²) in [5.41, 5.74) is 1.43. The number of rotatable bonds is 4. The van der Waals surface area contributed by atoms with E-state index in [1.807, 2.05) is 6.08 Å². The minimum Gasteiger partial charge on any atom is -0.304 e. The van der Waals surface area contributed by atoms with E-state index in [9.17, 15) is 0 Å². The van der Waals surface area contributed by atoms with Crippen LogP contribution in [0.5, 0.6) is 0 Å². The summed E-state index contributed by atoms with van der Waals surface area (Å²) >= 11 is 0. The number of benzene rings is 1. The Labute approximate surface area is 79.5 Å². The number of aryl methyl sites for hydroxylation is 1. The zero-order valence-corrected chi connectivity index (χ0v) is 7.74. The molecular weight excluding hydrogens is 158 g/mol. The van der Waals surface area contributed by atoms with E-state index in [0.29, 0.717) is 12.1 Å². The van der Waals surface area contributed by atoms with Gasteiger partial charge in [-0.15, -0.1) is 6.58 Å². The normalized spacial score (nSPS) is 25.5. The number of hydrogen-bond acceptors (Lipinski definition) is 1. The van der Waals surface area contributed by atoms with E-state index >= 15 is 0 Å². The zero-order valence-electron chi connectivity index (χ0n) is 7.74. The first kappa shape index (κ1) is 8.52. The Morgan fingerprint density at radius 3 is 2.69 bits per heavy atom. The first-order valence-corrected chi connectivity index (χ1v) is 4.82. The molecule has 0 aromatic heterocycles. The predicted octanol–water partition coefficient (Wildman–Crippen LogP) is 2.15. The van der Waals surface area contributed by atoms with Crippen molar-refractivity contribution >= 4 is 0 Å². The standard InChI is InChI=1S/C12H15N/c1-2-11-12(13-11)9-8-10-6-4-3-5-7-10/h2-7,11-13H,1,8-9H2/t11-,12-/m1/s1. The van der Waals surface area contributed by atoms with Crippen LogP contribution in [0.2, 0.25) is 0 Å². The van der Waals surface area contributed by atoms with Crippen molar-refractivity contribution in [2.45, 2.75) is 24.9 Å². The molecule has 0 unspecified atom stereocenters. The Balaban J connectivity index is 1.78. The molecule has 2 rings (SSSR count). The lowest BCUT2D eigenvalue weighted by atomic mass is 10.1. The van der Waals surface area contributed by atoms with Crippen LogP contribution in [0.25, 0.3) is 0 Å². The van der Waals surface area contributed by atoms with Crippen LogP contribution in [0.1, 0.15) is 12.0 Å². The Bertz CT molecular complexity index is 278. The Hall–Kier alpha value is -1.08. The van der Waals surface area contributed by atoms with E-state index in [4.69, 9.17) is 0 Å². The van der Waals surface area contributed by atoms with Gasteiger partial charge in [0.15, 0.2) is 0 Å². The Kier molecular flexibility index (Phi) is 2.46. The molecule has 1 aliphatic heterocycles. The van der Waals surface area contributed by atoms with Crippen molar-refractivity contribution in [2.75, 3.05) is 0 Å². The molecule has 13 heavy (non-hydrogen) atoms. The smallest absolute Gasteiger partial charge is 0.0405 e. The summed E-state index contributed by atoms with van der Waals surface area (Å²) in [7, 11) is 0. The van der Waals surface area contributed by atoms with Gasteiger partial charge in [-0.2, -0.15) is 0 Å². The van der Waals surface area contributed by atoms with Gasteiger partial charge in [0.05, 0.1) is 0 Å². The van der Waals surface area contributed by atoms with Gasteiger partial charge >= 0.3 is 0 Å². The van der Waals surface area contributed by atoms with Crippen LogP contribution in [0.15, 0.2) is 43.0 Å². The summed E-state index contributed by atoms with van der Waals surface area (Å²) in [5.74, 6) is 0. The summed E-state index contributed by atoms with van der Waals surface area (Å²) in [6.07, 6.45) is 4.39. The molecule has 0 radical (unpaired) electrons. The summed E-state index contributed by atoms with van der Waals surface area (Å²) < 4.78 is 0. The van der Waals surface area contributed by atoms with Crippen LogP contribution in [-0.4, -0.2) is 12.1 Å². The topological polar surface area (TPSA) is 21.9 Å². The third kappa shape index (κ3) is 2.19. The van der Waals surface area contributed by atoms with Crippen molar-refractivity contribution in [3.05, 3.63) is 48.6 Å². The molecule has 0 saturated carbocycles. The highest BCUT2D eigenvalue weighted by Crippen LogP contribution is 2.17. The molecule has 0 bridgehead atoms. The third-order valence-electron chi connectivity index (χ3n) is 2.57. The molecule has 1 N–H and O–H groups in total. The summed E-state index contributed by atoms with van der Waals surface area (Å²) in [4.78, 5) is 0. The van der Waals surface area contributed by atoms with E-state index in [1.165, 1.54) is 18.4 Å². The summed E-state index contributed by atoms with van der Waals surface area (Å²) in [5, 5.41) is 3.37. The predicted molar refractivity (Wildman–Crippen MR) is 55.7 cm³/mol. The highest BCUT2D eigenvalue weighted by Gasteiger charge is 2.31. The Morgan fingerprint density at radius 1 is 1.31 bits per heavy atom. The quantitative estimate of drug-likeness (QED) is 0.547. The lowest BCUT2D eigenvalue weighted by Gasteiger charge is -1.97. The molecule has 0 amide bonds. The second-order valence-corrected chi connectivity index (χ2v) is 3.56. The average Bonchev–Trinajstić information content (AvgIpc) is 2.95. The molecule has 0 spiro atoms. The van der Waals surface area contributed by atoms with Crippen LogP contribution >= 0.6 is 0 Å². The summed E-state index contributed by atoms with van der Waals surface area (Å²) in [6, 6.07) is 11.9. The summed E-state index contributed by atoms with van der Waals surface area (Å²) in [6.45, 7) is 3.77. The van der Waals surface area contributed by atoms with Gasteiger partial charge in [-0.1, -0.05) is 36.4 Å². The first-order chi connectivity index (χ1) is 6.40. The van der Waals surface area contributed by atoms with Gasteiger partial charge in [0.1, 0.15) is 0 Å². The minimum atomic E-state index is 0.573. The largest absolute Gasteiger partial charge is 0.304 e. The molecule has 1 aromatic carbocycles. The van der Waals surface area contributed by atoms with E-state index in [2.05, 4.69) is 42.2 Å². The van der Waals surface area contributed by atoms with Gasteiger partial charge in [0.2, 0.25) is 0 Å². The van der Waals surface area contributed by atoms with E-state index < -0.39 is 0 Å². The maximum atomic E-state index is 3.77. The second-order valence-electron chi connectivity index (χ2n) is 3.56. The van der Waals surface area contributed by atoms with Gasteiger partial charge in [0.25, 0.3) is 0 Å². The van der Waals surface area contributed by atoms with Gasteiger partial charge < -0.3 is 5.32 Å². The van der Waals surface area contributed by atoms with Crippen molar-refractivity contribution < 1.29 is 0 Å². The molecule has 0 aliphatic carbocycles. The van der Waals surface area contributed by atoms with Gasteiger partial charge in [0, 0.05) is 12.1 Å². The molecular formula is C12H15N. The van der Waals surface area contributed by atoms with Gasteiger partial charge in [-0.05, 0) is 18.4 Å². The van der Waals surface area contributed by atoms with Crippen molar-refractivity contribution in [3.8, 4) is 0 Å². The fourth-order valence-corrected chi connectivity index (χ4v) is 1.65. The van der Waals surface area contributed by atoms with Crippen molar-refractivity contribution in [3.63, 3.8) is 0 Å². The number of hydrogen-bond donors (Lipinski definition) is 1. The lowest BCUT2D eigenvalue weighted by molar-refractivity contribution is 0.794. The molecule has 1 aromatic rings. The molecule has 2 atom stereocenters. The van der Waals surface area contributed by atoms with Crippen LogP contribution in [0.3, 0.4) is 0 Å². The highest BCUT2D eigenvalue weighted by molar-refractivity contribution is 5.16. The number of nitrogens with one attached hydrogen (secondary N) is 1. The van der Waals surface area contributed by atoms with E-state index in [-0.39, 0.29) is 0 Å². The van der Waals surface area contributed by atoms with Gasteiger partial charge in [-0.3, -0.25) is 0 Å². The average molecular weight is 173 g/mol. The van der Waals surface area contributed by atoms with Crippen LogP contribution < -0.4 is 5.32 Å². The molecule has 68 valence electrons. The van der Waals surface area contributed by atoms with E-state index in [0.717, 1.165) is 0 Å². The maximum Gasteiger partial charge on any atom is 0.0405 e. The SMILES string of the molecule is C=C[C@H]1N[C@@H]1CCc1ccccc1. The van der Waals surface area contributed by atoms with Crippen LogP contribution in [-0.2, 0) is 6.42 Å². The lowest BCUT2D eigenvalue weighted by Crippen LogP contribution is -1.95. The molecule has 1 nitrogen and oxygen atoms in total. The van der Waals surface area contributed by atoms with Gasteiger partial charge in [-0.25, -0.2) is 0 Å². The van der Waals surface area contributed by atoms with Crippen molar-refractivity contribution in [1.29, 1.82) is 0 Å². The van der Waals surface area contributed by atoms with Crippen molar-refractivity contribution in [2.24, 2.45) is 0 Å². The molecule has 1 aliphatic rings. The monoisotopic (exact) mass is 173 g/mol. The molecule has 1 fully saturated rings. The molecule has 1 heterocycles. The van der Waals surface area contributed by atoms with Crippen LogP contribution in [0.4, 0.5) is 0 Å². The fraction of sp³-hybridized carbons (Fsp3) is 0.333. The third-order valence-corrected chi connectivity index (χ3v) is 2.57. The molecule has 1 saturated heterocycles. The zero-order chi connectivity index (χ0) is 9.10. The highest BCUT2D eigenvalue weighted by atomic mass is 15.1. The van der Waals surface area contributed by atoms with E-state index in [1.54, 1.807) is 0 Å². The first-order valence-electron chi connectivity index (χ1n) is 4.82. The van der Waals surface area contributed by atoms with Crippen molar-refractivity contribution in [1.82, 2.24) is 5.32 Å². The Morgan fingerprint density at radius 2 is 2.08 bits per heavy atom.